The number of hydrogen-bond acceptors (Lipinski definition) is 2. The van der Waals surface area contributed by atoms with Gasteiger partial charge in [-0.3, -0.25) is 0 Å². The monoisotopic (exact) mass is 648 g/mol. The summed E-state index contributed by atoms with van der Waals surface area (Å²) < 4.78 is 0. The van der Waals surface area contributed by atoms with Crippen molar-refractivity contribution < 1.29 is 36.4 Å². The molecule has 0 aromatic heterocycles. The summed E-state index contributed by atoms with van der Waals surface area (Å²) in [5.41, 5.74) is 5.70. The van der Waals surface area contributed by atoms with E-state index >= 15 is 0 Å². The molecule has 0 heterocycles. The predicted molar refractivity (Wildman–Crippen MR) is 177 cm³/mol. The normalized spacial score (nSPS) is 9.52. The maximum atomic E-state index is 11.1. The molecule has 0 aliphatic heterocycles. The van der Waals surface area contributed by atoms with Crippen LogP contribution >= 0.6 is 0 Å². The van der Waals surface area contributed by atoms with Crippen LogP contribution in [0.4, 0.5) is 0 Å². The van der Waals surface area contributed by atoms with E-state index in [9.17, 15) is 10.2 Å². The van der Waals surface area contributed by atoms with Crippen LogP contribution in [0, 0.1) is 41.5 Å². The van der Waals surface area contributed by atoms with E-state index in [-0.39, 0.29) is 37.7 Å². The van der Waals surface area contributed by atoms with Crippen molar-refractivity contribution in [1.82, 2.24) is 0 Å². The molecule has 2 nitrogen and oxygen atoms in total. The van der Waals surface area contributed by atoms with E-state index < -0.39 is 0 Å². The zero-order valence-electron chi connectivity index (χ0n) is 26.2. The van der Waals surface area contributed by atoms with Crippen molar-refractivity contribution in [3.05, 3.63) is 143 Å². The molecule has 0 spiro atoms. The van der Waals surface area contributed by atoms with Crippen LogP contribution in [0.5, 0.6) is 11.5 Å². The first-order valence-electron chi connectivity index (χ1n) is 13.9. The Kier molecular flexibility index (Phi) is 16.7. The molecule has 0 unspecified atom stereocenters. The van der Waals surface area contributed by atoms with Gasteiger partial charge in [0.15, 0.2) is 0 Å². The number of aryl methyl sites for hydroxylation is 6. The minimum atomic E-state index is 0. The van der Waals surface area contributed by atoms with Gasteiger partial charge in [0.05, 0.1) is 0 Å². The number of hydrogen-bond donors (Lipinski definition) is 0. The van der Waals surface area contributed by atoms with Crippen molar-refractivity contribution >= 4 is 31.1 Å². The van der Waals surface area contributed by atoms with Crippen LogP contribution in [0.25, 0.3) is 21.5 Å². The van der Waals surface area contributed by atoms with E-state index in [1.807, 2.05) is 65.8 Å². The van der Waals surface area contributed by atoms with Crippen LogP contribution in [0.15, 0.2) is 109 Å². The molecule has 4 heteroatoms. The summed E-state index contributed by atoms with van der Waals surface area (Å²) in [6.45, 7) is 15.7. The summed E-state index contributed by atoms with van der Waals surface area (Å²) in [4.78, 5) is 0. The molecule has 0 saturated carbocycles. The molecule has 6 aromatic carbocycles. The SMILES string of the molecule is C[Si]C.Cc1cc(C)c([O-])c(C)c1.Cc1cc(C)c([O-])c(C)c1.[Zr+4].c1ccc2[cH-]ccc2c1.c1ccc2[cH-]ccc2c1. The molecule has 0 amide bonds. The van der Waals surface area contributed by atoms with Crippen molar-refractivity contribution in [2.75, 3.05) is 0 Å². The molecule has 0 aliphatic rings. The molecule has 214 valence electrons. The van der Waals surface area contributed by atoms with Crippen molar-refractivity contribution in [3.8, 4) is 11.5 Å². The van der Waals surface area contributed by atoms with Gasteiger partial charge >= 0.3 is 26.2 Å². The third-order valence-electron chi connectivity index (χ3n) is 6.30. The second kappa shape index (κ2) is 19.1. The Labute approximate surface area is 274 Å². The van der Waals surface area contributed by atoms with Crippen molar-refractivity contribution in [1.29, 1.82) is 0 Å². The van der Waals surface area contributed by atoms with Crippen LogP contribution in [-0.2, 0) is 26.2 Å². The molecule has 0 aliphatic carbocycles. The molecule has 42 heavy (non-hydrogen) atoms. The van der Waals surface area contributed by atoms with Crippen LogP contribution in [-0.4, -0.2) is 9.52 Å². The van der Waals surface area contributed by atoms with Gasteiger partial charge in [-0.1, -0.05) is 82.9 Å². The van der Waals surface area contributed by atoms with E-state index in [1.165, 1.54) is 21.5 Å². The van der Waals surface area contributed by atoms with E-state index in [0.717, 1.165) is 42.9 Å². The fourth-order valence-corrected chi connectivity index (χ4v) is 4.47. The third kappa shape index (κ3) is 12.0. The Balaban J connectivity index is 0.000000269. The molecule has 0 fully saturated rings. The fraction of sp³-hybridized carbons (Fsp3) is 0.211. The fourth-order valence-electron chi connectivity index (χ4n) is 4.47. The van der Waals surface area contributed by atoms with Crippen molar-refractivity contribution in [3.63, 3.8) is 0 Å². The Hall–Kier alpha value is -3.20. The van der Waals surface area contributed by atoms with Gasteiger partial charge in [0.2, 0.25) is 0 Å². The van der Waals surface area contributed by atoms with Gasteiger partial charge in [0.1, 0.15) is 0 Å². The molecule has 2 radical (unpaired) electrons. The first-order chi connectivity index (χ1) is 19.6. The Morgan fingerprint density at radius 3 is 1.07 bits per heavy atom. The molecular weight excluding hydrogens is 608 g/mol. The maximum Gasteiger partial charge on any atom is 4.00 e. The van der Waals surface area contributed by atoms with Crippen molar-refractivity contribution in [2.45, 2.75) is 54.6 Å². The van der Waals surface area contributed by atoms with Crippen molar-refractivity contribution in [2.24, 2.45) is 0 Å². The minimum absolute atomic E-state index is 0. The third-order valence-corrected chi connectivity index (χ3v) is 6.30. The Morgan fingerprint density at radius 2 is 0.786 bits per heavy atom. The van der Waals surface area contributed by atoms with Gasteiger partial charge in [-0.15, -0.1) is 70.8 Å². The molecule has 0 bridgehead atoms. The standard InChI is InChI=1S/2C9H12O.2C9H7.C2H6Si.Zr/c2*1-6-4-7(2)9(10)8(3)5-6;2*1-2-5-9-7-3-6-8(9)4-1;1-3-2;/h2*4-5,10H,1-3H3;2*1-7H;1-2H3;/q;;2*-1;;+4/p-2. The zero-order valence-corrected chi connectivity index (χ0v) is 29.7. The average molecular weight is 650 g/mol. The van der Waals surface area contributed by atoms with E-state index in [1.54, 1.807) is 0 Å². The van der Waals surface area contributed by atoms with Gasteiger partial charge in [-0.05, 0) is 41.5 Å². The van der Waals surface area contributed by atoms with E-state index in [2.05, 4.69) is 98.0 Å². The molecule has 0 atom stereocenters. The summed E-state index contributed by atoms with van der Waals surface area (Å²) in [5.74, 6) is 0.344. The summed E-state index contributed by atoms with van der Waals surface area (Å²) in [6, 6.07) is 37.0. The summed E-state index contributed by atoms with van der Waals surface area (Å²) in [5, 5.41) is 27.6. The Bertz CT molecular complexity index is 1400. The van der Waals surface area contributed by atoms with Crippen LogP contribution < -0.4 is 10.2 Å². The van der Waals surface area contributed by atoms with Gasteiger partial charge in [-0.2, -0.15) is 35.0 Å². The predicted octanol–water partition coefficient (Wildman–Crippen LogP) is 9.27. The smallest absolute Gasteiger partial charge is 0.872 e. The molecule has 6 rings (SSSR count). The van der Waals surface area contributed by atoms with E-state index in [0.29, 0.717) is 0 Å². The largest absolute Gasteiger partial charge is 4.00 e. The van der Waals surface area contributed by atoms with Crippen LogP contribution in [0.2, 0.25) is 13.1 Å². The van der Waals surface area contributed by atoms with Gasteiger partial charge < -0.3 is 10.2 Å². The zero-order chi connectivity index (χ0) is 30.4. The van der Waals surface area contributed by atoms with Crippen LogP contribution in [0.3, 0.4) is 0 Å². The average Bonchev–Trinajstić information content (AvgIpc) is 3.61. The first-order valence-corrected chi connectivity index (χ1v) is 15.9. The Morgan fingerprint density at radius 1 is 0.500 bits per heavy atom. The molecule has 0 N–H and O–H groups in total. The quantitative estimate of drug-likeness (QED) is 0.122. The van der Waals surface area contributed by atoms with Gasteiger partial charge in [-0.25, -0.2) is 0 Å². The van der Waals surface area contributed by atoms with Gasteiger partial charge in [0.25, 0.3) is 0 Å². The topological polar surface area (TPSA) is 46.1 Å². The summed E-state index contributed by atoms with van der Waals surface area (Å²) in [7, 11) is 1.08. The molecule has 0 saturated heterocycles. The number of rotatable bonds is 0. The maximum absolute atomic E-state index is 11.1. The molecular formula is C38H42O2SiZr. The minimum Gasteiger partial charge on any atom is -0.872 e. The first kappa shape index (κ1) is 36.8. The second-order valence-electron chi connectivity index (χ2n) is 10.3. The van der Waals surface area contributed by atoms with Crippen LogP contribution in [0.1, 0.15) is 33.4 Å². The number of fused-ring (bicyclic) bond motifs is 2. The number of benzene rings is 4. The summed E-state index contributed by atoms with van der Waals surface area (Å²) in [6.07, 6.45) is 0. The van der Waals surface area contributed by atoms with Gasteiger partial charge in [0, 0.05) is 9.52 Å². The second-order valence-corrected chi connectivity index (χ2v) is 11.3. The molecule has 6 aromatic rings. The summed E-state index contributed by atoms with van der Waals surface area (Å²) >= 11 is 0. The van der Waals surface area contributed by atoms with E-state index in [4.69, 9.17) is 0 Å².